The molecule has 0 aliphatic rings. The largest absolute Gasteiger partial charge is 0.355 e. The Bertz CT molecular complexity index is 997. The van der Waals surface area contributed by atoms with Crippen molar-refractivity contribution in [3.05, 3.63) is 84.4 Å². The van der Waals surface area contributed by atoms with Gasteiger partial charge in [-0.05, 0) is 47.5 Å². The fourth-order valence-corrected chi connectivity index (χ4v) is 3.56. The van der Waals surface area contributed by atoms with Crippen molar-refractivity contribution >= 4 is 21.6 Å². The summed E-state index contributed by atoms with van der Waals surface area (Å²) in [4.78, 5) is 11.7. The number of hydrogen-bond donors (Lipinski definition) is 2. The van der Waals surface area contributed by atoms with Gasteiger partial charge >= 0.3 is 0 Å². The van der Waals surface area contributed by atoms with Crippen LogP contribution in [0.1, 0.15) is 10.4 Å². The van der Waals surface area contributed by atoms with Gasteiger partial charge in [0.05, 0.1) is 4.90 Å². The zero-order chi connectivity index (χ0) is 18.6. The highest BCUT2D eigenvalue weighted by Crippen LogP contribution is 2.22. The molecule has 26 heavy (non-hydrogen) atoms. The molecule has 0 aromatic heterocycles. The fourth-order valence-electron chi connectivity index (χ4n) is 2.51. The number of benzene rings is 3. The van der Waals surface area contributed by atoms with Crippen molar-refractivity contribution in [3.63, 3.8) is 0 Å². The second kappa shape index (κ2) is 7.41. The lowest BCUT2D eigenvalue weighted by atomic mass is 10.1. The lowest BCUT2D eigenvalue weighted by Crippen LogP contribution is -2.18. The molecule has 132 valence electrons. The minimum atomic E-state index is -3.70. The van der Waals surface area contributed by atoms with Gasteiger partial charge in [-0.15, -0.1) is 0 Å². The first-order chi connectivity index (χ1) is 12.5. The van der Waals surface area contributed by atoms with E-state index in [-0.39, 0.29) is 10.8 Å². The molecule has 0 unspecified atom stereocenters. The summed E-state index contributed by atoms with van der Waals surface area (Å²) in [6.45, 7) is 0. The van der Waals surface area contributed by atoms with Crippen molar-refractivity contribution in [3.8, 4) is 11.1 Å². The molecule has 0 heterocycles. The van der Waals surface area contributed by atoms with Crippen molar-refractivity contribution in [2.24, 2.45) is 0 Å². The molecule has 3 rings (SSSR count). The number of hydrogen-bond acceptors (Lipinski definition) is 3. The van der Waals surface area contributed by atoms with E-state index in [4.69, 9.17) is 0 Å². The maximum absolute atomic E-state index is 12.5. The SMILES string of the molecule is CNC(=O)c1ccc(NS(=O)(=O)c2ccc(-c3ccccc3)cc2)cc1. The van der Waals surface area contributed by atoms with Gasteiger partial charge in [0.1, 0.15) is 0 Å². The van der Waals surface area contributed by atoms with Gasteiger partial charge in [0.2, 0.25) is 0 Å². The summed E-state index contributed by atoms with van der Waals surface area (Å²) in [5.41, 5.74) is 2.82. The molecule has 0 fully saturated rings. The standard InChI is InChI=1S/C20H18N2O3S/c1-21-20(23)17-7-11-18(12-8-17)22-26(24,25)19-13-9-16(10-14-19)15-5-3-2-4-6-15/h2-14,22H,1H3,(H,21,23). The van der Waals surface area contributed by atoms with E-state index in [9.17, 15) is 13.2 Å². The van der Waals surface area contributed by atoms with Crippen LogP contribution < -0.4 is 10.0 Å². The predicted octanol–water partition coefficient (Wildman–Crippen LogP) is 3.51. The van der Waals surface area contributed by atoms with Crippen LogP contribution >= 0.6 is 0 Å². The van der Waals surface area contributed by atoms with Crippen molar-refractivity contribution < 1.29 is 13.2 Å². The third-order valence-electron chi connectivity index (χ3n) is 3.90. The normalized spacial score (nSPS) is 11.0. The third-order valence-corrected chi connectivity index (χ3v) is 5.30. The summed E-state index contributed by atoms with van der Waals surface area (Å²) < 4.78 is 27.6. The number of carbonyl (C=O) groups excluding carboxylic acids is 1. The Labute approximate surface area is 152 Å². The Morgan fingerprint density at radius 3 is 1.92 bits per heavy atom. The minimum Gasteiger partial charge on any atom is -0.355 e. The van der Waals surface area contributed by atoms with Gasteiger partial charge in [-0.1, -0.05) is 42.5 Å². The smallest absolute Gasteiger partial charge is 0.261 e. The number of anilines is 1. The quantitative estimate of drug-likeness (QED) is 0.725. The molecule has 2 N–H and O–H groups in total. The second-order valence-corrected chi connectivity index (χ2v) is 7.33. The first kappa shape index (κ1) is 17.7. The average molecular weight is 366 g/mol. The van der Waals surface area contributed by atoms with Crippen molar-refractivity contribution in [2.75, 3.05) is 11.8 Å². The molecule has 0 bridgehead atoms. The molecule has 1 amide bonds. The van der Waals surface area contributed by atoms with E-state index in [0.717, 1.165) is 11.1 Å². The molecule has 3 aromatic rings. The monoisotopic (exact) mass is 366 g/mol. The van der Waals surface area contributed by atoms with Crippen LogP contribution in [0.4, 0.5) is 5.69 Å². The topological polar surface area (TPSA) is 75.3 Å². The summed E-state index contributed by atoms with van der Waals surface area (Å²) in [7, 11) is -2.16. The van der Waals surface area contributed by atoms with Crippen LogP contribution in [0, 0.1) is 0 Å². The number of nitrogens with one attached hydrogen (secondary N) is 2. The molecule has 0 aliphatic carbocycles. The molecule has 0 radical (unpaired) electrons. The van der Waals surface area contributed by atoms with Gasteiger partial charge in [0.25, 0.3) is 15.9 Å². The van der Waals surface area contributed by atoms with Gasteiger partial charge in [0.15, 0.2) is 0 Å². The molecular weight excluding hydrogens is 348 g/mol. The van der Waals surface area contributed by atoms with Crippen LogP contribution in [0.15, 0.2) is 83.8 Å². The molecule has 0 aliphatic heterocycles. The van der Waals surface area contributed by atoms with Gasteiger partial charge < -0.3 is 5.32 Å². The zero-order valence-electron chi connectivity index (χ0n) is 14.1. The Balaban J connectivity index is 1.79. The van der Waals surface area contributed by atoms with Crippen molar-refractivity contribution in [2.45, 2.75) is 4.90 Å². The predicted molar refractivity (Wildman–Crippen MR) is 103 cm³/mol. The van der Waals surface area contributed by atoms with E-state index in [0.29, 0.717) is 11.3 Å². The Morgan fingerprint density at radius 2 is 1.35 bits per heavy atom. The van der Waals surface area contributed by atoms with Crippen molar-refractivity contribution in [1.29, 1.82) is 0 Å². The summed E-state index contributed by atoms with van der Waals surface area (Å²) in [6, 6.07) is 22.7. The van der Waals surface area contributed by atoms with Crippen LogP contribution in [-0.4, -0.2) is 21.4 Å². The van der Waals surface area contributed by atoms with E-state index >= 15 is 0 Å². The van der Waals surface area contributed by atoms with Crippen LogP contribution in [0.5, 0.6) is 0 Å². The van der Waals surface area contributed by atoms with Crippen LogP contribution in [0.2, 0.25) is 0 Å². The minimum absolute atomic E-state index is 0.174. The fraction of sp³-hybridized carbons (Fsp3) is 0.0500. The number of sulfonamides is 1. The first-order valence-corrected chi connectivity index (χ1v) is 9.48. The summed E-state index contributed by atoms with van der Waals surface area (Å²) >= 11 is 0. The summed E-state index contributed by atoms with van der Waals surface area (Å²) in [5, 5.41) is 2.52. The highest BCUT2D eigenvalue weighted by atomic mass is 32.2. The number of amides is 1. The van der Waals surface area contributed by atoms with E-state index in [2.05, 4.69) is 10.0 Å². The lowest BCUT2D eigenvalue weighted by molar-refractivity contribution is 0.0963. The third kappa shape index (κ3) is 3.92. The maximum atomic E-state index is 12.5. The Kier molecular flexibility index (Phi) is 5.04. The van der Waals surface area contributed by atoms with E-state index in [1.807, 2.05) is 30.3 Å². The Hall–Kier alpha value is -3.12. The average Bonchev–Trinajstić information content (AvgIpc) is 2.68. The summed E-state index contributed by atoms with van der Waals surface area (Å²) in [5.74, 6) is -0.226. The van der Waals surface area contributed by atoms with E-state index in [1.165, 1.54) is 7.05 Å². The van der Waals surface area contributed by atoms with Gasteiger partial charge in [-0.25, -0.2) is 8.42 Å². The summed E-state index contributed by atoms with van der Waals surface area (Å²) in [6.07, 6.45) is 0. The Morgan fingerprint density at radius 1 is 0.769 bits per heavy atom. The molecule has 0 saturated heterocycles. The maximum Gasteiger partial charge on any atom is 0.261 e. The van der Waals surface area contributed by atoms with Crippen LogP contribution in [0.25, 0.3) is 11.1 Å². The van der Waals surface area contributed by atoms with Crippen LogP contribution in [0.3, 0.4) is 0 Å². The van der Waals surface area contributed by atoms with Crippen molar-refractivity contribution in [1.82, 2.24) is 5.32 Å². The van der Waals surface area contributed by atoms with E-state index in [1.54, 1.807) is 48.5 Å². The highest BCUT2D eigenvalue weighted by Gasteiger charge is 2.14. The molecule has 6 heteroatoms. The van der Waals surface area contributed by atoms with Gasteiger partial charge in [0, 0.05) is 18.3 Å². The molecule has 3 aromatic carbocycles. The van der Waals surface area contributed by atoms with E-state index < -0.39 is 10.0 Å². The molecule has 5 nitrogen and oxygen atoms in total. The lowest BCUT2D eigenvalue weighted by Gasteiger charge is -2.09. The molecule has 0 atom stereocenters. The zero-order valence-corrected chi connectivity index (χ0v) is 15.0. The second-order valence-electron chi connectivity index (χ2n) is 5.65. The molecule has 0 spiro atoms. The molecular formula is C20H18N2O3S. The van der Waals surface area contributed by atoms with Gasteiger partial charge in [-0.2, -0.15) is 0 Å². The van der Waals surface area contributed by atoms with Gasteiger partial charge in [-0.3, -0.25) is 9.52 Å². The first-order valence-electron chi connectivity index (χ1n) is 8.00. The number of rotatable bonds is 5. The highest BCUT2D eigenvalue weighted by molar-refractivity contribution is 7.92. The van der Waals surface area contributed by atoms with Crippen LogP contribution in [-0.2, 0) is 10.0 Å². The molecule has 0 saturated carbocycles. The number of carbonyl (C=O) groups is 1.